The molecule has 1 N–H and O–H groups in total. The van der Waals surface area contributed by atoms with Crippen molar-refractivity contribution in [3.05, 3.63) is 52.6 Å². The van der Waals surface area contributed by atoms with Gasteiger partial charge in [0.05, 0.1) is 11.3 Å². The molecule has 0 fully saturated rings. The number of anilines is 1. The predicted octanol–water partition coefficient (Wildman–Crippen LogP) is 3.37. The summed E-state index contributed by atoms with van der Waals surface area (Å²) in [5.41, 5.74) is 3.54. The van der Waals surface area contributed by atoms with Crippen molar-refractivity contribution in [3.8, 4) is 0 Å². The Labute approximate surface area is 136 Å². The molecule has 0 spiro atoms. The predicted molar refractivity (Wildman–Crippen MR) is 91.6 cm³/mol. The highest BCUT2D eigenvalue weighted by Gasteiger charge is 2.17. The molecule has 2 rings (SSSR count). The number of rotatable bonds is 5. The molecule has 0 aliphatic heterocycles. The molecule has 1 aromatic carbocycles. The molecule has 0 saturated heterocycles. The lowest BCUT2D eigenvalue weighted by Gasteiger charge is -2.14. The van der Waals surface area contributed by atoms with E-state index in [1.54, 1.807) is 12.1 Å². The highest BCUT2D eigenvalue weighted by atomic mass is 19.1. The lowest BCUT2D eigenvalue weighted by Crippen LogP contribution is -2.20. The van der Waals surface area contributed by atoms with Gasteiger partial charge in [0.2, 0.25) is 0 Å². The molecular formula is C18H24FN3O. The zero-order valence-corrected chi connectivity index (χ0v) is 14.4. The summed E-state index contributed by atoms with van der Waals surface area (Å²) in [6.45, 7) is 7.42. The molecule has 4 nitrogen and oxygen atoms in total. The number of nitrogens with one attached hydrogen (secondary N) is 1. The molecule has 124 valence electrons. The molecule has 0 unspecified atom stereocenters. The molecule has 2 aromatic rings. The second-order valence-corrected chi connectivity index (χ2v) is 6.18. The van der Waals surface area contributed by atoms with Crippen LogP contribution in [-0.4, -0.2) is 36.0 Å². The molecule has 1 amide bonds. The molecular weight excluding hydrogens is 293 g/mol. The smallest absolute Gasteiger partial charge is 0.257 e. The van der Waals surface area contributed by atoms with E-state index >= 15 is 0 Å². The monoisotopic (exact) mass is 317 g/mol. The van der Waals surface area contributed by atoms with Gasteiger partial charge in [0.1, 0.15) is 5.82 Å². The van der Waals surface area contributed by atoms with Gasteiger partial charge in [-0.3, -0.25) is 4.79 Å². The van der Waals surface area contributed by atoms with E-state index in [9.17, 15) is 9.18 Å². The second-order valence-electron chi connectivity index (χ2n) is 6.18. The van der Waals surface area contributed by atoms with Crippen molar-refractivity contribution in [2.45, 2.75) is 27.3 Å². The summed E-state index contributed by atoms with van der Waals surface area (Å²) < 4.78 is 16.0. The van der Waals surface area contributed by atoms with Gasteiger partial charge in [-0.1, -0.05) is 6.07 Å². The van der Waals surface area contributed by atoms with Crippen LogP contribution in [0.4, 0.5) is 10.1 Å². The van der Waals surface area contributed by atoms with E-state index in [2.05, 4.69) is 14.8 Å². The Hall–Kier alpha value is -2.14. The number of carbonyl (C=O) groups is 1. The topological polar surface area (TPSA) is 37.3 Å². The number of likely N-dealkylation sites (N-methyl/N-ethyl adjacent to an activating group) is 1. The number of aryl methyl sites for hydroxylation is 2. The lowest BCUT2D eigenvalue weighted by atomic mass is 10.2. The minimum absolute atomic E-state index is 0.207. The minimum atomic E-state index is -0.417. The van der Waals surface area contributed by atoms with Crippen molar-refractivity contribution in [2.24, 2.45) is 0 Å². The Morgan fingerprint density at radius 2 is 1.91 bits per heavy atom. The summed E-state index contributed by atoms with van der Waals surface area (Å²) in [7, 11) is 4.03. The summed E-state index contributed by atoms with van der Waals surface area (Å²) in [4.78, 5) is 14.6. The second kappa shape index (κ2) is 6.96. The molecule has 0 radical (unpaired) electrons. The van der Waals surface area contributed by atoms with Gasteiger partial charge in [-0.15, -0.1) is 0 Å². The number of carbonyl (C=O) groups excluding carboxylic acids is 1. The van der Waals surface area contributed by atoms with Gasteiger partial charge in [-0.05, 0) is 58.6 Å². The Morgan fingerprint density at radius 1 is 1.22 bits per heavy atom. The van der Waals surface area contributed by atoms with Crippen molar-refractivity contribution in [3.63, 3.8) is 0 Å². The first kappa shape index (κ1) is 17.2. The molecule has 0 saturated carbocycles. The zero-order valence-electron chi connectivity index (χ0n) is 14.4. The molecule has 23 heavy (non-hydrogen) atoms. The lowest BCUT2D eigenvalue weighted by molar-refractivity contribution is 0.102. The summed E-state index contributed by atoms with van der Waals surface area (Å²) in [6.07, 6.45) is 0. The van der Waals surface area contributed by atoms with Crippen LogP contribution >= 0.6 is 0 Å². The SMILES string of the molecule is Cc1ccc(NC(=O)c2cc(C)n(CCN(C)C)c2C)c(F)c1. The Bertz CT molecular complexity index is 719. The maximum Gasteiger partial charge on any atom is 0.257 e. The average Bonchev–Trinajstić information content (AvgIpc) is 2.74. The van der Waals surface area contributed by atoms with Crippen LogP contribution in [0.5, 0.6) is 0 Å². The fraction of sp³-hybridized carbons (Fsp3) is 0.389. The Kier molecular flexibility index (Phi) is 5.21. The number of halogens is 1. The third-order valence-corrected chi connectivity index (χ3v) is 3.96. The van der Waals surface area contributed by atoms with Crippen LogP contribution in [0.15, 0.2) is 24.3 Å². The van der Waals surface area contributed by atoms with E-state index in [4.69, 9.17) is 0 Å². The van der Waals surface area contributed by atoms with Crippen LogP contribution in [0, 0.1) is 26.6 Å². The molecule has 0 atom stereocenters. The van der Waals surface area contributed by atoms with Crippen molar-refractivity contribution < 1.29 is 9.18 Å². The van der Waals surface area contributed by atoms with Crippen LogP contribution in [0.25, 0.3) is 0 Å². The molecule has 1 heterocycles. The van der Waals surface area contributed by atoms with Gasteiger partial charge in [-0.2, -0.15) is 0 Å². The van der Waals surface area contributed by atoms with E-state index < -0.39 is 5.82 Å². The van der Waals surface area contributed by atoms with Crippen LogP contribution in [0.2, 0.25) is 0 Å². The number of nitrogens with zero attached hydrogens (tertiary/aromatic N) is 2. The van der Waals surface area contributed by atoms with E-state index in [1.807, 2.05) is 40.9 Å². The number of benzene rings is 1. The maximum absolute atomic E-state index is 13.9. The molecule has 0 bridgehead atoms. The van der Waals surface area contributed by atoms with E-state index in [1.165, 1.54) is 6.07 Å². The van der Waals surface area contributed by atoms with E-state index in [0.29, 0.717) is 5.56 Å². The summed E-state index contributed by atoms with van der Waals surface area (Å²) >= 11 is 0. The van der Waals surface area contributed by atoms with Gasteiger partial charge >= 0.3 is 0 Å². The normalized spacial score (nSPS) is 11.1. The van der Waals surface area contributed by atoms with Gasteiger partial charge in [0.25, 0.3) is 5.91 Å². The third kappa shape index (κ3) is 3.99. The molecule has 0 aliphatic rings. The molecule has 5 heteroatoms. The van der Waals surface area contributed by atoms with Gasteiger partial charge in [-0.25, -0.2) is 4.39 Å². The fourth-order valence-corrected chi connectivity index (χ4v) is 2.59. The number of hydrogen-bond acceptors (Lipinski definition) is 2. The van der Waals surface area contributed by atoms with Crippen molar-refractivity contribution in [1.29, 1.82) is 0 Å². The summed E-state index contributed by atoms with van der Waals surface area (Å²) in [5.74, 6) is -0.697. The quantitative estimate of drug-likeness (QED) is 0.918. The summed E-state index contributed by atoms with van der Waals surface area (Å²) in [5, 5.41) is 2.66. The van der Waals surface area contributed by atoms with Crippen LogP contribution in [-0.2, 0) is 6.54 Å². The zero-order chi connectivity index (χ0) is 17.1. The summed E-state index contributed by atoms with van der Waals surface area (Å²) in [6, 6.07) is 6.63. The average molecular weight is 317 g/mol. The fourth-order valence-electron chi connectivity index (χ4n) is 2.59. The van der Waals surface area contributed by atoms with E-state index in [0.717, 1.165) is 30.0 Å². The maximum atomic E-state index is 13.9. The van der Waals surface area contributed by atoms with Crippen LogP contribution in [0.3, 0.4) is 0 Å². The standard InChI is InChI=1S/C18H24FN3O/c1-12-6-7-17(16(19)10-12)20-18(23)15-11-13(2)22(14(15)3)9-8-21(4)5/h6-7,10-11H,8-9H2,1-5H3,(H,20,23). The largest absolute Gasteiger partial charge is 0.347 e. The number of hydrogen-bond donors (Lipinski definition) is 1. The van der Waals surface area contributed by atoms with E-state index in [-0.39, 0.29) is 11.6 Å². The van der Waals surface area contributed by atoms with Gasteiger partial charge in [0, 0.05) is 24.5 Å². The van der Waals surface area contributed by atoms with Crippen molar-refractivity contribution in [1.82, 2.24) is 9.47 Å². The first-order valence-electron chi connectivity index (χ1n) is 7.68. The van der Waals surface area contributed by atoms with Crippen molar-refractivity contribution >= 4 is 11.6 Å². The van der Waals surface area contributed by atoms with Crippen molar-refractivity contribution in [2.75, 3.05) is 26.0 Å². The van der Waals surface area contributed by atoms with Gasteiger partial charge < -0.3 is 14.8 Å². The van der Waals surface area contributed by atoms with Crippen LogP contribution < -0.4 is 5.32 Å². The molecule has 0 aliphatic carbocycles. The highest BCUT2D eigenvalue weighted by molar-refractivity contribution is 6.05. The Balaban J connectivity index is 2.21. The number of aromatic nitrogens is 1. The van der Waals surface area contributed by atoms with Gasteiger partial charge in [0.15, 0.2) is 0 Å². The first-order valence-corrected chi connectivity index (χ1v) is 7.68. The third-order valence-electron chi connectivity index (χ3n) is 3.96. The first-order chi connectivity index (χ1) is 10.8. The molecule has 1 aromatic heterocycles. The number of amides is 1. The Morgan fingerprint density at radius 3 is 2.52 bits per heavy atom. The highest BCUT2D eigenvalue weighted by Crippen LogP contribution is 2.20. The minimum Gasteiger partial charge on any atom is -0.347 e. The van der Waals surface area contributed by atoms with Crippen LogP contribution in [0.1, 0.15) is 27.3 Å².